The van der Waals surface area contributed by atoms with Crippen LogP contribution in [-0.2, 0) is 20.8 Å². The second-order valence-electron chi connectivity index (χ2n) is 16.3. The van der Waals surface area contributed by atoms with Crippen LogP contribution in [0, 0.1) is 36.5 Å². The van der Waals surface area contributed by atoms with E-state index in [9.17, 15) is 34.8 Å². The number of hydrogen-bond acceptors (Lipinski definition) is 8. The quantitative estimate of drug-likeness (QED) is 0.198. The van der Waals surface area contributed by atoms with Gasteiger partial charge < -0.3 is 31.1 Å². The topological polar surface area (TPSA) is 161 Å². The minimum atomic E-state index is -2.63. The number of carbonyl (C=O) groups is 3. The van der Waals surface area contributed by atoms with E-state index < -0.39 is 57.9 Å². The molecule has 0 heterocycles. The smallest absolute Gasteiger partial charge is 0.255 e. The number of aliphatic hydroxyl groups excluding tert-OH is 2. The molecular weight excluding hydrogens is 656 g/mol. The number of ketones is 2. The summed E-state index contributed by atoms with van der Waals surface area (Å²) in [4.78, 5) is 42.1. The van der Waals surface area contributed by atoms with Gasteiger partial charge in [0.05, 0.1) is 5.56 Å². The molecule has 2 saturated carbocycles. The number of aromatic hydroxyl groups is 1. The van der Waals surface area contributed by atoms with Crippen molar-refractivity contribution < 1.29 is 34.8 Å². The summed E-state index contributed by atoms with van der Waals surface area (Å²) < 4.78 is 0. The molecule has 0 aromatic heterocycles. The van der Waals surface area contributed by atoms with Gasteiger partial charge in [-0.25, -0.2) is 0 Å². The molecule has 5 aliphatic carbocycles. The third kappa shape index (κ3) is 5.51. The number of fused-ring (bicyclic) bond motifs is 3. The molecule has 0 radical (unpaired) electrons. The van der Waals surface area contributed by atoms with Gasteiger partial charge >= 0.3 is 0 Å². The molecule has 5 aliphatic rings. The number of rotatable bonds is 7. The summed E-state index contributed by atoms with van der Waals surface area (Å²) >= 11 is 0. The van der Waals surface area contributed by atoms with Crippen LogP contribution in [0.25, 0.3) is 11.3 Å². The van der Waals surface area contributed by atoms with Crippen molar-refractivity contribution in [1.29, 1.82) is 0 Å². The minimum absolute atomic E-state index is 0.0897. The molecule has 0 bridgehead atoms. The fourth-order valence-electron chi connectivity index (χ4n) is 10.2. The van der Waals surface area contributed by atoms with Crippen LogP contribution < -0.4 is 10.6 Å². The van der Waals surface area contributed by atoms with Crippen molar-refractivity contribution in [2.24, 2.45) is 35.3 Å². The van der Waals surface area contributed by atoms with Crippen LogP contribution in [0.2, 0.25) is 0 Å². The van der Waals surface area contributed by atoms with Crippen molar-refractivity contribution in [3.05, 3.63) is 92.8 Å². The zero-order chi connectivity index (χ0) is 37.4. The minimum Gasteiger partial charge on any atom is -0.508 e. The highest BCUT2D eigenvalue weighted by Crippen LogP contribution is 2.56. The lowest BCUT2D eigenvalue weighted by atomic mass is 9.54. The summed E-state index contributed by atoms with van der Waals surface area (Å²) in [5.74, 6) is -6.38. The average molecular weight is 707 g/mol. The maximum absolute atomic E-state index is 14.4. The third-order valence-electron chi connectivity index (χ3n) is 12.7. The van der Waals surface area contributed by atoms with E-state index in [0.717, 1.165) is 17.7 Å². The molecule has 7 rings (SSSR count). The number of primary amides is 1. The van der Waals surface area contributed by atoms with Gasteiger partial charge in [-0.15, -0.1) is 0 Å². The van der Waals surface area contributed by atoms with Crippen LogP contribution >= 0.6 is 0 Å². The van der Waals surface area contributed by atoms with Crippen LogP contribution in [0.15, 0.2) is 65.0 Å². The molecule has 52 heavy (non-hydrogen) atoms. The van der Waals surface area contributed by atoms with Gasteiger partial charge in [0.25, 0.3) is 5.91 Å². The van der Waals surface area contributed by atoms with Gasteiger partial charge in [-0.2, -0.15) is 0 Å². The van der Waals surface area contributed by atoms with E-state index in [-0.39, 0.29) is 35.6 Å². The molecule has 274 valence electrons. The lowest BCUT2D eigenvalue weighted by Gasteiger charge is -2.50. The summed E-state index contributed by atoms with van der Waals surface area (Å²) in [5.41, 5.74) is 9.12. The first-order chi connectivity index (χ1) is 24.6. The molecule has 2 fully saturated rings. The van der Waals surface area contributed by atoms with Crippen molar-refractivity contribution >= 4 is 34.5 Å². The zero-order valence-corrected chi connectivity index (χ0v) is 30.7. The summed E-state index contributed by atoms with van der Waals surface area (Å²) in [5, 5.41) is 47.1. The number of carbonyl (C=O) groups excluding carboxylic acids is 3. The SMILES string of the molecule is Cc1ccccc1C1CCC(CC2=CC=C(c3cc(N(C)C)c4c(c3O)C(O)=C3C(=O)[C@]5(O)C(O)=C(C(N)=O)C(=O)[C@@H](C(C)C)[C@@H]5C[C@@H]3C4)C2)CC1. The average Bonchev–Trinajstić information content (AvgIpc) is 3.54. The number of aryl methyl sites for hydroxylation is 1. The van der Waals surface area contributed by atoms with Crippen molar-refractivity contribution in [1.82, 2.24) is 0 Å². The summed E-state index contributed by atoms with van der Waals surface area (Å²) in [6.07, 6.45) is 10.9. The predicted molar refractivity (Wildman–Crippen MR) is 201 cm³/mol. The lowest BCUT2D eigenvalue weighted by Crippen LogP contribution is -2.62. The Labute approximate surface area is 305 Å². The van der Waals surface area contributed by atoms with Gasteiger partial charge in [-0.1, -0.05) is 55.8 Å². The van der Waals surface area contributed by atoms with Crippen molar-refractivity contribution in [3.63, 3.8) is 0 Å². The number of amides is 1. The molecule has 4 atom stereocenters. The maximum Gasteiger partial charge on any atom is 0.255 e. The lowest BCUT2D eigenvalue weighted by molar-refractivity contribution is -0.155. The number of aliphatic hydroxyl groups is 3. The molecule has 6 N–H and O–H groups in total. The second-order valence-corrected chi connectivity index (χ2v) is 16.3. The van der Waals surface area contributed by atoms with E-state index in [2.05, 4.69) is 37.3 Å². The van der Waals surface area contributed by atoms with Gasteiger partial charge in [0, 0.05) is 42.8 Å². The monoisotopic (exact) mass is 706 g/mol. The first-order valence-corrected chi connectivity index (χ1v) is 18.6. The van der Waals surface area contributed by atoms with Crippen LogP contribution in [-0.4, -0.2) is 57.6 Å². The molecule has 0 spiro atoms. The number of phenolic OH excluding ortho intramolecular Hbond substituents is 1. The Balaban J connectivity index is 1.18. The van der Waals surface area contributed by atoms with E-state index in [1.807, 2.05) is 31.1 Å². The van der Waals surface area contributed by atoms with E-state index in [4.69, 9.17) is 5.73 Å². The number of phenols is 1. The number of Topliss-reactive ketones (excluding diaryl/α,β-unsaturated/α-hetero) is 2. The standard InChI is InChI=1S/C43H50N2O7/c1-21(2)33-31-19-27-18-30-32(45(4)5)20-29(26-15-12-24(17-26)16-23-10-13-25(14-11-23)28-9-7-6-8-22(28)3)37(46)35(30)39(48)34(27)40(49)43(31,52)41(50)36(38(33)47)42(44)51/h6-9,12,15,20-21,23,25,27,31,33,46,48,50,52H,10-11,13-14,16-19H2,1-5H3,(H2,44,51)/t23?,25?,27-,31-,33-,43-/m0/s1. The maximum atomic E-state index is 14.4. The highest BCUT2D eigenvalue weighted by molar-refractivity contribution is 6.23. The number of benzene rings is 2. The number of nitrogens with zero attached hydrogens (tertiary/aromatic N) is 1. The highest BCUT2D eigenvalue weighted by Gasteiger charge is 2.64. The molecule has 0 unspecified atom stereocenters. The van der Waals surface area contributed by atoms with Gasteiger partial charge in [-0.05, 0) is 110 Å². The zero-order valence-electron chi connectivity index (χ0n) is 30.7. The molecule has 2 aromatic rings. The van der Waals surface area contributed by atoms with Crippen LogP contribution in [0.3, 0.4) is 0 Å². The first kappa shape index (κ1) is 35.8. The van der Waals surface area contributed by atoms with Gasteiger partial charge in [0.1, 0.15) is 22.8 Å². The van der Waals surface area contributed by atoms with Gasteiger partial charge in [0.15, 0.2) is 11.4 Å². The normalized spacial score (nSPS) is 28.7. The summed E-state index contributed by atoms with van der Waals surface area (Å²) in [6.45, 7) is 5.71. The third-order valence-corrected chi connectivity index (χ3v) is 12.7. The Morgan fingerprint density at radius 3 is 2.35 bits per heavy atom. The Hall–Kier alpha value is -4.63. The number of allylic oxidation sites excluding steroid dienone is 4. The van der Waals surface area contributed by atoms with E-state index in [1.165, 1.54) is 42.4 Å². The van der Waals surface area contributed by atoms with Crippen molar-refractivity contribution in [2.75, 3.05) is 19.0 Å². The van der Waals surface area contributed by atoms with Crippen LogP contribution in [0.5, 0.6) is 5.75 Å². The van der Waals surface area contributed by atoms with E-state index in [0.29, 0.717) is 29.4 Å². The van der Waals surface area contributed by atoms with E-state index >= 15 is 0 Å². The Morgan fingerprint density at radius 1 is 1.02 bits per heavy atom. The fraction of sp³-hybridized carbons (Fsp3) is 0.465. The predicted octanol–water partition coefficient (Wildman–Crippen LogP) is 6.76. The Bertz CT molecular complexity index is 2010. The molecule has 1 amide bonds. The molecule has 2 aromatic carbocycles. The number of nitrogens with two attached hydrogens (primary N) is 1. The number of hydrogen-bond donors (Lipinski definition) is 5. The van der Waals surface area contributed by atoms with Crippen molar-refractivity contribution in [3.8, 4) is 5.75 Å². The molecule has 9 nitrogen and oxygen atoms in total. The molecule has 0 aliphatic heterocycles. The van der Waals surface area contributed by atoms with Crippen LogP contribution in [0.4, 0.5) is 5.69 Å². The van der Waals surface area contributed by atoms with Gasteiger partial charge in [-0.3, -0.25) is 14.4 Å². The summed E-state index contributed by atoms with van der Waals surface area (Å²) in [6, 6.07) is 10.6. The second kappa shape index (κ2) is 13.1. The molecule has 0 saturated heterocycles. The Morgan fingerprint density at radius 2 is 1.71 bits per heavy atom. The fourth-order valence-corrected chi connectivity index (χ4v) is 10.2. The largest absolute Gasteiger partial charge is 0.508 e. The molecular formula is C43H50N2O7. The molecule has 9 heteroatoms. The van der Waals surface area contributed by atoms with Gasteiger partial charge in [0.2, 0.25) is 5.78 Å². The van der Waals surface area contributed by atoms with Crippen LogP contribution in [0.1, 0.15) is 92.5 Å². The summed E-state index contributed by atoms with van der Waals surface area (Å²) in [7, 11) is 3.78. The highest BCUT2D eigenvalue weighted by atomic mass is 16.3. The number of anilines is 1. The van der Waals surface area contributed by atoms with Crippen molar-refractivity contribution in [2.45, 2.75) is 83.7 Å². The van der Waals surface area contributed by atoms with E-state index in [1.54, 1.807) is 13.8 Å². The Kier molecular flexibility index (Phi) is 9.01. The first-order valence-electron chi connectivity index (χ1n) is 18.6.